The molecular weight excluding hydrogens is 322 g/mol. The highest BCUT2D eigenvalue weighted by Gasteiger charge is 2.13. The van der Waals surface area contributed by atoms with Crippen LogP contribution in [0.5, 0.6) is 0 Å². The van der Waals surface area contributed by atoms with Crippen LogP contribution in [0.25, 0.3) is 0 Å². The number of nitrogens with one attached hydrogen (secondary N) is 1. The minimum Gasteiger partial charge on any atom is -0.462 e. The van der Waals surface area contributed by atoms with Gasteiger partial charge >= 0.3 is 5.97 Å². The van der Waals surface area contributed by atoms with Crippen LogP contribution in [-0.2, 0) is 4.74 Å². The molecule has 24 heavy (non-hydrogen) atoms. The maximum absolute atomic E-state index is 12.5. The third kappa shape index (κ3) is 4.73. The normalized spacial score (nSPS) is 10.0. The standard InChI is InChI=1S/C19H19NO3S/c1-3-12-24-17-11-6-5-10-16(17)18(21)20-15-9-7-8-14(13-15)19(22)23-4-2/h3,5-11,13H,1,4,12H2,2H3,(H,20,21). The number of hydrogen-bond donors (Lipinski definition) is 1. The van der Waals surface area contributed by atoms with Crippen LogP contribution in [0.15, 0.2) is 66.1 Å². The molecule has 4 nitrogen and oxygen atoms in total. The van der Waals surface area contributed by atoms with Gasteiger partial charge in [0.1, 0.15) is 0 Å². The number of carbonyl (C=O) groups excluding carboxylic acids is 2. The van der Waals surface area contributed by atoms with Crippen molar-refractivity contribution in [2.24, 2.45) is 0 Å². The van der Waals surface area contributed by atoms with Crippen molar-refractivity contribution in [2.45, 2.75) is 11.8 Å². The van der Waals surface area contributed by atoms with E-state index in [4.69, 9.17) is 4.74 Å². The molecule has 0 atom stereocenters. The fourth-order valence-corrected chi connectivity index (χ4v) is 2.85. The van der Waals surface area contributed by atoms with Crippen molar-refractivity contribution in [1.29, 1.82) is 0 Å². The zero-order valence-corrected chi connectivity index (χ0v) is 14.3. The van der Waals surface area contributed by atoms with Gasteiger partial charge in [-0.05, 0) is 37.3 Å². The van der Waals surface area contributed by atoms with Crippen LogP contribution in [0.4, 0.5) is 5.69 Å². The molecule has 0 unspecified atom stereocenters. The van der Waals surface area contributed by atoms with Crippen LogP contribution in [0.2, 0.25) is 0 Å². The van der Waals surface area contributed by atoms with Crippen LogP contribution in [-0.4, -0.2) is 24.2 Å². The molecule has 5 heteroatoms. The summed E-state index contributed by atoms with van der Waals surface area (Å²) in [5.41, 5.74) is 1.55. The highest BCUT2D eigenvalue weighted by molar-refractivity contribution is 7.99. The summed E-state index contributed by atoms with van der Waals surface area (Å²) in [5, 5.41) is 2.83. The fraction of sp³-hybridized carbons (Fsp3) is 0.158. The lowest BCUT2D eigenvalue weighted by Gasteiger charge is -2.10. The molecule has 0 heterocycles. The molecule has 124 valence electrons. The number of carbonyl (C=O) groups is 2. The van der Waals surface area contributed by atoms with Crippen LogP contribution in [0.1, 0.15) is 27.6 Å². The van der Waals surface area contributed by atoms with E-state index in [9.17, 15) is 9.59 Å². The minimum atomic E-state index is -0.407. The lowest BCUT2D eigenvalue weighted by molar-refractivity contribution is 0.0526. The number of rotatable bonds is 7. The molecule has 1 N–H and O–H groups in total. The summed E-state index contributed by atoms with van der Waals surface area (Å²) in [4.78, 5) is 25.2. The Balaban J connectivity index is 2.17. The minimum absolute atomic E-state index is 0.219. The molecule has 2 aromatic carbocycles. The van der Waals surface area contributed by atoms with Gasteiger partial charge in [0.2, 0.25) is 0 Å². The number of thioether (sulfide) groups is 1. The monoisotopic (exact) mass is 341 g/mol. The van der Waals surface area contributed by atoms with Crippen molar-refractivity contribution in [1.82, 2.24) is 0 Å². The molecule has 0 radical (unpaired) electrons. The van der Waals surface area contributed by atoms with Crippen molar-refractivity contribution >= 4 is 29.3 Å². The van der Waals surface area contributed by atoms with Gasteiger partial charge < -0.3 is 10.1 Å². The number of benzene rings is 2. The predicted octanol–water partition coefficient (Wildman–Crippen LogP) is 4.39. The molecule has 0 spiro atoms. The average Bonchev–Trinajstić information content (AvgIpc) is 2.60. The van der Waals surface area contributed by atoms with Gasteiger partial charge in [-0.2, -0.15) is 0 Å². The number of hydrogen-bond acceptors (Lipinski definition) is 4. The van der Waals surface area contributed by atoms with Gasteiger partial charge in [-0.1, -0.05) is 24.3 Å². The molecule has 0 saturated carbocycles. The first-order chi connectivity index (χ1) is 11.7. The van der Waals surface area contributed by atoms with E-state index in [0.717, 1.165) is 10.6 Å². The molecule has 1 amide bonds. The van der Waals surface area contributed by atoms with Crippen molar-refractivity contribution in [2.75, 3.05) is 17.7 Å². The number of anilines is 1. The molecule has 0 aliphatic carbocycles. The molecule has 0 saturated heterocycles. The van der Waals surface area contributed by atoms with E-state index in [1.165, 1.54) is 0 Å². The summed E-state index contributed by atoms with van der Waals surface area (Å²) >= 11 is 1.55. The van der Waals surface area contributed by atoms with Gasteiger partial charge in [-0.25, -0.2) is 4.79 Å². The summed E-state index contributed by atoms with van der Waals surface area (Å²) in [6.07, 6.45) is 1.79. The lowest BCUT2D eigenvalue weighted by Crippen LogP contribution is -2.13. The third-order valence-corrected chi connectivity index (χ3v) is 4.19. The van der Waals surface area contributed by atoms with E-state index in [0.29, 0.717) is 23.4 Å². The second kappa shape index (κ2) is 8.93. The van der Waals surface area contributed by atoms with Crippen molar-refractivity contribution in [3.8, 4) is 0 Å². The molecule has 0 aromatic heterocycles. The van der Waals surface area contributed by atoms with E-state index in [1.54, 1.807) is 55.1 Å². The second-order valence-corrected chi connectivity index (χ2v) is 5.91. The van der Waals surface area contributed by atoms with E-state index in [1.807, 2.05) is 18.2 Å². The summed E-state index contributed by atoms with van der Waals surface area (Å²) in [7, 11) is 0. The second-order valence-electron chi connectivity index (χ2n) is 4.85. The van der Waals surface area contributed by atoms with Crippen LogP contribution < -0.4 is 5.32 Å². The van der Waals surface area contributed by atoms with Gasteiger partial charge in [-0.15, -0.1) is 18.3 Å². The van der Waals surface area contributed by atoms with Crippen LogP contribution in [0, 0.1) is 0 Å². The van der Waals surface area contributed by atoms with Crippen LogP contribution in [0.3, 0.4) is 0 Å². The van der Waals surface area contributed by atoms with E-state index >= 15 is 0 Å². The summed E-state index contributed by atoms with van der Waals surface area (Å²) in [6.45, 7) is 5.75. The van der Waals surface area contributed by atoms with Gasteiger partial charge in [0, 0.05) is 16.3 Å². The SMILES string of the molecule is C=CCSc1ccccc1C(=O)Nc1cccc(C(=O)OCC)c1. The molecule has 0 aliphatic rings. The maximum atomic E-state index is 12.5. The summed E-state index contributed by atoms with van der Waals surface area (Å²) < 4.78 is 4.97. The zero-order valence-electron chi connectivity index (χ0n) is 13.5. The van der Waals surface area contributed by atoms with Gasteiger partial charge in [0.15, 0.2) is 0 Å². The Kier molecular flexibility index (Phi) is 6.63. The summed E-state index contributed by atoms with van der Waals surface area (Å²) in [6, 6.07) is 14.1. The molecule has 0 aliphatic heterocycles. The number of amides is 1. The Labute approximate surface area is 145 Å². The lowest BCUT2D eigenvalue weighted by atomic mass is 10.1. The average molecular weight is 341 g/mol. The molecular formula is C19H19NO3S. The molecule has 0 fully saturated rings. The van der Waals surface area contributed by atoms with Gasteiger partial charge in [0.05, 0.1) is 17.7 Å². The first-order valence-electron chi connectivity index (χ1n) is 7.57. The number of esters is 1. The summed E-state index contributed by atoms with van der Waals surface area (Å²) in [5.74, 6) is 0.0986. The van der Waals surface area contributed by atoms with E-state index < -0.39 is 5.97 Å². The molecule has 2 rings (SSSR count). The van der Waals surface area contributed by atoms with Gasteiger partial charge in [-0.3, -0.25) is 4.79 Å². The van der Waals surface area contributed by atoms with E-state index in [2.05, 4.69) is 11.9 Å². The van der Waals surface area contributed by atoms with Crippen molar-refractivity contribution in [3.05, 3.63) is 72.3 Å². The Bertz CT molecular complexity index is 743. The van der Waals surface area contributed by atoms with E-state index in [-0.39, 0.29) is 5.91 Å². The first-order valence-corrected chi connectivity index (χ1v) is 8.55. The predicted molar refractivity (Wildman–Crippen MR) is 97.7 cm³/mol. The topological polar surface area (TPSA) is 55.4 Å². The highest BCUT2D eigenvalue weighted by atomic mass is 32.2. The quantitative estimate of drug-likeness (QED) is 0.461. The fourth-order valence-electron chi connectivity index (χ4n) is 2.07. The molecule has 2 aromatic rings. The Morgan fingerprint density at radius 2 is 2.00 bits per heavy atom. The van der Waals surface area contributed by atoms with Gasteiger partial charge in [0.25, 0.3) is 5.91 Å². The van der Waals surface area contributed by atoms with Crippen molar-refractivity contribution < 1.29 is 14.3 Å². The highest BCUT2D eigenvalue weighted by Crippen LogP contribution is 2.24. The van der Waals surface area contributed by atoms with Crippen molar-refractivity contribution in [3.63, 3.8) is 0 Å². The third-order valence-electron chi connectivity index (χ3n) is 3.12. The maximum Gasteiger partial charge on any atom is 0.338 e. The smallest absolute Gasteiger partial charge is 0.338 e. The Hall–Kier alpha value is -2.53. The molecule has 0 bridgehead atoms. The zero-order chi connectivity index (χ0) is 17.4. The first kappa shape index (κ1) is 17.8. The Morgan fingerprint density at radius 1 is 1.21 bits per heavy atom. The Morgan fingerprint density at radius 3 is 2.75 bits per heavy atom. The largest absolute Gasteiger partial charge is 0.462 e. The van der Waals surface area contributed by atoms with Crippen LogP contribution >= 0.6 is 11.8 Å². The number of ether oxygens (including phenoxy) is 1.